The normalized spacial score (nSPS) is 20.2. The number of nitrogens with one attached hydrogen (secondary N) is 1. The summed E-state index contributed by atoms with van der Waals surface area (Å²) in [7, 11) is 0. The summed E-state index contributed by atoms with van der Waals surface area (Å²) in [5, 5.41) is 26.9. The Morgan fingerprint density at radius 1 is 1.33 bits per heavy atom. The second-order valence-electron chi connectivity index (χ2n) is 7.67. The lowest BCUT2D eigenvalue weighted by Gasteiger charge is -2.31. The van der Waals surface area contributed by atoms with Gasteiger partial charge < -0.3 is 20.1 Å². The zero-order valence-corrected chi connectivity index (χ0v) is 16.6. The van der Waals surface area contributed by atoms with Crippen LogP contribution in [-0.4, -0.2) is 40.3 Å². The smallest absolute Gasteiger partial charge is 0.168 e. The van der Waals surface area contributed by atoms with E-state index in [1.165, 1.54) is 0 Å². The predicted molar refractivity (Wildman–Crippen MR) is 114 cm³/mol. The molecule has 1 aliphatic heterocycles. The quantitative estimate of drug-likeness (QED) is 0.182. The summed E-state index contributed by atoms with van der Waals surface area (Å²) in [5.41, 5.74) is 10.2. The zero-order valence-electron chi connectivity index (χ0n) is 16.6. The molecular weight excluding hydrogens is 382 g/mol. The molecule has 0 amide bonds. The van der Waals surface area contributed by atoms with Crippen molar-refractivity contribution in [2.45, 2.75) is 31.6 Å². The van der Waals surface area contributed by atoms with Crippen LogP contribution in [0, 0.1) is 6.92 Å². The van der Waals surface area contributed by atoms with E-state index in [0.29, 0.717) is 29.8 Å². The Labute approximate surface area is 173 Å². The highest BCUT2D eigenvalue weighted by molar-refractivity contribution is 6.08. The number of ketones is 1. The summed E-state index contributed by atoms with van der Waals surface area (Å²) in [5.74, 6) is -0.252. The molecule has 0 saturated heterocycles. The van der Waals surface area contributed by atoms with E-state index in [1.54, 1.807) is 11.1 Å². The third-order valence-electron chi connectivity index (χ3n) is 5.69. The largest absolute Gasteiger partial charge is 0.380 e. The number of benzene rings is 2. The molecule has 1 aromatic heterocycles. The summed E-state index contributed by atoms with van der Waals surface area (Å²) in [6.45, 7) is 2.58. The van der Waals surface area contributed by atoms with Gasteiger partial charge in [-0.25, -0.2) is 0 Å². The van der Waals surface area contributed by atoms with Crippen LogP contribution in [0.1, 0.15) is 34.3 Å². The van der Waals surface area contributed by atoms with Crippen molar-refractivity contribution in [3.05, 3.63) is 75.8 Å². The maximum absolute atomic E-state index is 13.2. The molecule has 0 aliphatic carbocycles. The van der Waals surface area contributed by atoms with Crippen molar-refractivity contribution in [3.8, 4) is 0 Å². The van der Waals surface area contributed by atoms with Crippen LogP contribution in [0.2, 0.25) is 0 Å². The molecule has 2 aromatic carbocycles. The number of carbonyl (C=O) groups excluding carboxylic acids is 1. The van der Waals surface area contributed by atoms with Crippen LogP contribution in [0.4, 0.5) is 5.69 Å². The number of hydrogen-bond donors (Lipinski definition) is 3. The fourth-order valence-corrected chi connectivity index (χ4v) is 4.20. The van der Waals surface area contributed by atoms with E-state index in [1.807, 2.05) is 49.4 Å². The van der Waals surface area contributed by atoms with Gasteiger partial charge in [0.15, 0.2) is 12.0 Å². The maximum atomic E-state index is 13.2. The van der Waals surface area contributed by atoms with Gasteiger partial charge in [0, 0.05) is 58.3 Å². The number of rotatable bonds is 7. The van der Waals surface area contributed by atoms with E-state index in [-0.39, 0.29) is 18.7 Å². The second kappa shape index (κ2) is 7.84. The SMILES string of the molecule is Cc1ccc2c(c1)C(O)(CC(=O)c1c[nH]c3ccccc13)C(O)N2CCCN=[N+]=[N-]. The standard InChI is InChI=1S/C22H23N5O3/c1-14-7-8-19-17(11-14)22(30,21(29)27(19)10-4-9-25-26-23)12-20(28)16-13-24-18-6-3-2-5-15(16)18/h2-3,5-8,11,13,21,24,29-30H,4,9-10,12H2,1H3. The van der Waals surface area contributed by atoms with E-state index in [4.69, 9.17) is 5.53 Å². The van der Waals surface area contributed by atoms with Crippen LogP contribution < -0.4 is 4.90 Å². The van der Waals surface area contributed by atoms with E-state index in [2.05, 4.69) is 15.0 Å². The number of aryl methyl sites for hydroxylation is 1. The highest BCUT2D eigenvalue weighted by atomic mass is 16.4. The highest BCUT2D eigenvalue weighted by Crippen LogP contribution is 2.46. The first kappa shape index (κ1) is 20.0. The van der Waals surface area contributed by atoms with Gasteiger partial charge in [-0.1, -0.05) is 41.0 Å². The summed E-state index contributed by atoms with van der Waals surface area (Å²) in [4.78, 5) is 20.7. The van der Waals surface area contributed by atoms with Crippen molar-refractivity contribution < 1.29 is 15.0 Å². The molecule has 2 unspecified atom stereocenters. The maximum Gasteiger partial charge on any atom is 0.168 e. The second-order valence-corrected chi connectivity index (χ2v) is 7.67. The summed E-state index contributed by atoms with van der Waals surface area (Å²) in [6.07, 6.45) is 0.627. The number of nitrogens with zero attached hydrogens (tertiary/aromatic N) is 4. The number of para-hydroxylation sites is 1. The van der Waals surface area contributed by atoms with E-state index in [9.17, 15) is 15.0 Å². The monoisotopic (exact) mass is 405 g/mol. The fourth-order valence-electron chi connectivity index (χ4n) is 4.20. The molecule has 8 nitrogen and oxygen atoms in total. The van der Waals surface area contributed by atoms with Gasteiger partial charge >= 0.3 is 0 Å². The fraction of sp³-hybridized carbons (Fsp3) is 0.318. The number of H-pyrrole nitrogens is 1. The average Bonchev–Trinajstić information content (AvgIpc) is 3.25. The molecule has 0 bridgehead atoms. The lowest BCUT2D eigenvalue weighted by molar-refractivity contribution is -0.0691. The molecule has 2 heterocycles. The molecule has 3 N–H and O–H groups in total. The lowest BCUT2D eigenvalue weighted by atomic mass is 9.86. The van der Waals surface area contributed by atoms with Gasteiger partial charge in [0.2, 0.25) is 0 Å². The summed E-state index contributed by atoms with van der Waals surface area (Å²) < 4.78 is 0. The molecular formula is C22H23N5O3. The Morgan fingerprint density at radius 2 is 2.13 bits per heavy atom. The molecule has 3 aromatic rings. The molecule has 2 atom stereocenters. The van der Waals surface area contributed by atoms with Crippen molar-refractivity contribution in [1.29, 1.82) is 0 Å². The van der Waals surface area contributed by atoms with Crippen LogP contribution in [0.5, 0.6) is 0 Å². The minimum Gasteiger partial charge on any atom is -0.380 e. The first-order chi connectivity index (χ1) is 14.5. The zero-order chi connectivity index (χ0) is 21.3. The first-order valence-corrected chi connectivity index (χ1v) is 9.84. The number of aromatic amines is 1. The van der Waals surface area contributed by atoms with Gasteiger partial charge in [0.1, 0.15) is 5.60 Å². The van der Waals surface area contributed by atoms with Gasteiger partial charge in [-0.15, -0.1) is 0 Å². The minimum absolute atomic E-state index is 0.251. The van der Waals surface area contributed by atoms with Crippen molar-refractivity contribution in [2.24, 2.45) is 5.11 Å². The van der Waals surface area contributed by atoms with Crippen LogP contribution in [-0.2, 0) is 5.60 Å². The van der Waals surface area contributed by atoms with E-state index in [0.717, 1.165) is 16.5 Å². The Kier molecular flexibility index (Phi) is 5.22. The molecule has 1 aliphatic rings. The topological polar surface area (TPSA) is 125 Å². The molecule has 154 valence electrons. The van der Waals surface area contributed by atoms with Crippen LogP contribution in [0.25, 0.3) is 21.3 Å². The van der Waals surface area contributed by atoms with Gasteiger partial charge in [0.05, 0.1) is 0 Å². The number of anilines is 1. The van der Waals surface area contributed by atoms with Gasteiger partial charge in [-0.05, 0) is 31.0 Å². The number of hydrogen-bond acceptors (Lipinski definition) is 5. The summed E-state index contributed by atoms with van der Waals surface area (Å²) >= 11 is 0. The van der Waals surface area contributed by atoms with Gasteiger partial charge in [0.25, 0.3) is 0 Å². The Morgan fingerprint density at radius 3 is 2.93 bits per heavy atom. The van der Waals surface area contributed by atoms with Gasteiger partial charge in [-0.3, -0.25) is 4.79 Å². The highest BCUT2D eigenvalue weighted by Gasteiger charge is 2.50. The Balaban J connectivity index is 1.66. The molecule has 0 spiro atoms. The van der Waals surface area contributed by atoms with Gasteiger partial charge in [-0.2, -0.15) is 0 Å². The molecule has 8 heteroatoms. The minimum atomic E-state index is -1.74. The van der Waals surface area contributed by atoms with E-state index >= 15 is 0 Å². The van der Waals surface area contributed by atoms with Crippen LogP contribution >= 0.6 is 0 Å². The number of aliphatic hydroxyl groups is 2. The number of Topliss-reactive ketones (excluding diaryl/α,β-unsaturated/α-hetero) is 1. The van der Waals surface area contributed by atoms with Crippen LogP contribution in [0.3, 0.4) is 0 Å². The molecule has 0 saturated carbocycles. The Hall–Kier alpha value is -3.32. The lowest BCUT2D eigenvalue weighted by Crippen LogP contribution is -2.46. The molecule has 0 radical (unpaired) electrons. The third-order valence-corrected chi connectivity index (χ3v) is 5.69. The van der Waals surface area contributed by atoms with Crippen molar-refractivity contribution in [2.75, 3.05) is 18.0 Å². The molecule has 0 fully saturated rings. The van der Waals surface area contributed by atoms with E-state index < -0.39 is 11.8 Å². The number of fused-ring (bicyclic) bond motifs is 2. The van der Waals surface area contributed by atoms with Crippen LogP contribution in [0.15, 0.2) is 53.8 Å². The van der Waals surface area contributed by atoms with Crippen molar-refractivity contribution >= 4 is 22.4 Å². The predicted octanol–water partition coefficient (Wildman–Crippen LogP) is 3.78. The summed E-state index contributed by atoms with van der Waals surface area (Å²) in [6, 6.07) is 13.0. The van der Waals surface area contributed by atoms with Crippen molar-refractivity contribution in [3.63, 3.8) is 0 Å². The molecule has 4 rings (SSSR count). The Bertz CT molecular complexity index is 1150. The van der Waals surface area contributed by atoms with Crippen molar-refractivity contribution in [1.82, 2.24) is 4.98 Å². The average molecular weight is 405 g/mol. The number of azide groups is 1. The molecule has 30 heavy (non-hydrogen) atoms. The number of aliphatic hydroxyl groups excluding tert-OH is 1. The first-order valence-electron chi connectivity index (χ1n) is 9.84. The third kappa shape index (κ3) is 3.31. The number of aromatic nitrogens is 1. The number of carbonyl (C=O) groups is 1.